The number of nitrogens with zero attached hydrogens (tertiary/aromatic N) is 4. The molecule has 0 bridgehead atoms. The molecule has 0 saturated carbocycles. The Morgan fingerprint density at radius 2 is 1.49 bits per heavy atom. The monoisotopic (exact) mass is 1050 g/mol. The summed E-state index contributed by atoms with van der Waals surface area (Å²) < 4.78 is 5.21. The topological polar surface area (TPSA) is 368 Å². The zero-order valence-electron chi connectivity index (χ0n) is 42.6. The number of benzene rings is 2. The number of carboxylic acid groups (broad SMARTS) is 1. The first kappa shape index (κ1) is 58.5. The van der Waals surface area contributed by atoms with Gasteiger partial charge in [-0.2, -0.15) is 0 Å². The van der Waals surface area contributed by atoms with Gasteiger partial charge in [-0.05, 0) is 92.8 Å². The maximum Gasteiger partial charge on any atom is 0.414 e. The van der Waals surface area contributed by atoms with Crippen molar-refractivity contribution in [3.8, 4) is 5.75 Å². The van der Waals surface area contributed by atoms with Gasteiger partial charge in [0.15, 0.2) is 5.96 Å². The van der Waals surface area contributed by atoms with Crippen LogP contribution in [0.3, 0.4) is 0 Å². The third-order valence-electron chi connectivity index (χ3n) is 12.7. The van der Waals surface area contributed by atoms with Crippen LogP contribution in [0.15, 0.2) is 96.6 Å². The Morgan fingerprint density at radius 1 is 0.803 bits per heavy atom. The molecule has 7 atom stereocenters. The number of aromatic hydroxyl groups is 1. The lowest BCUT2D eigenvalue weighted by Gasteiger charge is -2.31. The van der Waals surface area contributed by atoms with Crippen LogP contribution >= 0.6 is 0 Å². The number of phenolic OH excluding ortho intramolecular Hbond substituents is 1. The maximum atomic E-state index is 14.6. The van der Waals surface area contributed by atoms with Gasteiger partial charge >= 0.3 is 12.1 Å². The lowest BCUT2D eigenvalue weighted by Crippen LogP contribution is -2.60. The normalized spacial score (nSPS) is 15.6. The molecule has 2 aromatic heterocycles. The number of alkyl carbamates (subject to hydrolysis) is 1. The largest absolute Gasteiger partial charge is 0.508 e. The van der Waals surface area contributed by atoms with Crippen molar-refractivity contribution in [3.05, 3.63) is 114 Å². The number of nitrogens with two attached hydrogens (primary N) is 2. The van der Waals surface area contributed by atoms with Crippen LogP contribution in [0.25, 0.3) is 0 Å². The molecule has 13 N–H and O–H groups in total. The minimum absolute atomic E-state index is 0.0217. The first-order chi connectivity index (χ1) is 36.6. The molecule has 2 aromatic carbocycles. The van der Waals surface area contributed by atoms with Crippen LogP contribution in [0.1, 0.15) is 92.4 Å². The SMILES string of the molecule is CC[C@H](C)[C@H](NC(=O)[C@@H]1CCCN1C(=O)[C@H](Cc1cnc[nH]1)NC(=O)[C@H](CCCCN)NC(=O)[C@H](CCCN=C(N)NC(=O)OCc1ccccc1)NC(=O)[C@H](Cc1ccc(O)cc1)NC(=O)c1cccnc1)C(=O)O. The van der Waals surface area contributed by atoms with E-state index in [0.717, 1.165) is 5.56 Å². The fourth-order valence-electron chi connectivity index (χ4n) is 8.31. The van der Waals surface area contributed by atoms with Gasteiger partial charge in [-0.15, -0.1) is 0 Å². The van der Waals surface area contributed by atoms with Crippen molar-refractivity contribution in [2.24, 2.45) is 22.4 Å². The highest BCUT2D eigenvalue weighted by Crippen LogP contribution is 2.21. The van der Waals surface area contributed by atoms with Gasteiger partial charge in [0.25, 0.3) is 5.91 Å². The number of likely N-dealkylation sites (tertiary alicyclic amines) is 1. The number of aliphatic imine (C=N–C) groups is 1. The van der Waals surface area contributed by atoms with Crippen LogP contribution in [-0.2, 0) is 53.0 Å². The molecule has 4 aromatic rings. The first-order valence-electron chi connectivity index (χ1n) is 25.2. The Bertz CT molecular complexity index is 2570. The lowest BCUT2D eigenvalue weighted by molar-refractivity contribution is -0.146. The third kappa shape index (κ3) is 18.5. The molecular formula is C52H69N13O11. The van der Waals surface area contributed by atoms with Crippen LogP contribution in [-0.4, -0.2) is 139 Å². The van der Waals surface area contributed by atoms with Crippen LogP contribution in [0.2, 0.25) is 0 Å². The predicted molar refractivity (Wildman–Crippen MR) is 278 cm³/mol. The summed E-state index contributed by atoms with van der Waals surface area (Å²) in [7, 11) is 0. The number of carbonyl (C=O) groups excluding carboxylic acids is 7. The Hall–Kier alpha value is -8.41. The van der Waals surface area contributed by atoms with Crippen molar-refractivity contribution in [1.82, 2.24) is 51.8 Å². The van der Waals surface area contributed by atoms with Gasteiger partial charge in [0.2, 0.25) is 29.5 Å². The second kappa shape index (κ2) is 30.1. The summed E-state index contributed by atoms with van der Waals surface area (Å²) in [6, 6.07) is 10.5. The number of phenols is 1. The smallest absolute Gasteiger partial charge is 0.414 e. The van der Waals surface area contributed by atoms with E-state index >= 15 is 0 Å². The highest BCUT2D eigenvalue weighted by Gasteiger charge is 2.40. The van der Waals surface area contributed by atoms with Crippen molar-refractivity contribution >= 4 is 53.5 Å². The van der Waals surface area contributed by atoms with E-state index in [1.807, 2.05) is 6.07 Å². The van der Waals surface area contributed by atoms with Gasteiger partial charge in [-0.1, -0.05) is 62.7 Å². The number of hydrogen-bond donors (Lipinski definition) is 11. The van der Waals surface area contributed by atoms with Crippen molar-refractivity contribution in [3.63, 3.8) is 0 Å². The number of aromatic amines is 1. The Balaban J connectivity index is 1.38. The molecule has 1 fully saturated rings. The van der Waals surface area contributed by atoms with E-state index in [1.54, 1.807) is 56.3 Å². The van der Waals surface area contributed by atoms with Crippen LogP contribution < -0.4 is 43.4 Å². The van der Waals surface area contributed by atoms with Gasteiger partial charge in [0, 0.05) is 50.2 Å². The van der Waals surface area contributed by atoms with Crippen LogP contribution in [0.4, 0.5) is 4.79 Å². The number of guanidine groups is 1. The molecule has 1 saturated heterocycles. The molecule has 1 aliphatic heterocycles. The van der Waals surface area contributed by atoms with Gasteiger partial charge in [0.1, 0.15) is 48.6 Å². The number of H-pyrrole nitrogens is 1. The van der Waals surface area contributed by atoms with Crippen molar-refractivity contribution in [2.75, 3.05) is 19.6 Å². The summed E-state index contributed by atoms with van der Waals surface area (Å²) in [4.78, 5) is 126. The minimum atomic E-state index is -1.38. The third-order valence-corrected chi connectivity index (χ3v) is 12.7. The quantitative estimate of drug-likeness (QED) is 0.0217. The molecule has 0 spiro atoms. The van der Waals surface area contributed by atoms with Gasteiger partial charge in [-0.3, -0.25) is 44.1 Å². The van der Waals surface area contributed by atoms with E-state index in [9.17, 15) is 48.6 Å². The number of aromatic nitrogens is 3. The summed E-state index contributed by atoms with van der Waals surface area (Å²) in [5.74, 6) is -6.19. The summed E-state index contributed by atoms with van der Waals surface area (Å²) in [6.45, 7) is 3.83. The number of unbranched alkanes of at least 4 members (excludes halogenated alkanes) is 1. The standard InChI is InChI=1S/C52H69N13O11/c1-3-32(2)43(50(73)74)63-48(71)42-17-11-25-65(42)49(72)41(27-36-29-56-31-58-36)62-46(69)38(15-7-8-22-53)59-45(68)39(16-10-24-57-51(54)64-52(75)76-30-34-12-5-4-6-13-34)60-47(70)40(26-33-18-20-37(66)21-19-33)61-44(67)35-14-9-23-55-28-35/h4-6,9,12-14,18-21,23,28-29,31-32,38-43,66H,3,7-8,10-11,15-17,22,24-27,30,53H2,1-2H3,(H,56,58)(H,59,68)(H,60,70)(H,61,67)(H,62,69)(H,63,71)(H,73,74)(H3,54,57,64,75)/t32-,38-,39-,40-,41-,42-,43-/m0/s1. The highest BCUT2D eigenvalue weighted by molar-refractivity contribution is 5.99. The fourth-order valence-corrected chi connectivity index (χ4v) is 8.31. The molecule has 24 nitrogen and oxygen atoms in total. The second-order valence-electron chi connectivity index (χ2n) is 18.4. The Labute approximate surface area is 440 Å². The number of aliphatic carboxylic acids is 1. The second-order valence-corrected chi connectivity index (χ2v) is 18.4. The number of pyridine rings is 1. The van der Waals surface area contributed by atoms with E-state index in [2.05, 4.69) is 51.8 Å². The molecule has 7 amide bonds. The zero-order valence-corrected chi connectivity index (χ0v) is 42.6. The van der Waals surface area contributed by atoms with Gasteiger partial charge in [-0.25, -0.2) is 14.6 Å². The van der Waals surface area contributed by atoms with E-state index in [1.165, 1.54) is 48.0 Å². The number of carbonyl (C=O) groups is 8. The average Bonchev–Trinajstić information content (AvgIpc) is 4.14. The van der Waals surface area contributed by atoms with Gasteiger partial charge < -0.3 is 62.9 Å². The first-order valence-corrected chi connectivity index (χ1v) is 25.2. The van der Waals surface area contributed by atoms with Crippen molar-refractivity contribution in [2.45, 2.75) is 121 Å². The fraction of sp³-hybridized carbons (Fsp3) is 0.442. The van der Waals surface area contributed by atoms with E-state index < -0.39 is 89.7 Å². The van der Waals surface area contributed by atoms with Crippen LogP contribution in [0, 0.1) is 5.92 Å². The number of imidazole rings is 1. The highest BCUT2D eigenvalue weighted by atomic mass is 16.5. The summed E-state index contributed by atoms with van der Waals surface area (Å²) >= 11 is 0. The molecule has 408 valence electrons. The summed E-state index contributed by atoms with van der Waals surface area (Å²) in [5, 5.41) is 35.8. The van der Waals surface area contributed by atoms with Crippen molar-refractivity contribution in [1.29, 1.82) is 0 Å². The summed E-state index contributed by atoms with van der Waals surface area (Å²) in [5.41, 5.74) is 13.7. The molecule has 0 radical (unpaired) electrons. The number of amides is 7. The van der Waals surface area contributed by atoms with Crippen LogP contribution in [0.5, 0.6) is 5.75 Å². The zero-order chi connectivity index (χ0) is 55.0. The number of hydrogen-bond acceptors (Lipinski definition) is 14. The molecule has 0 aliphatic carbocycles. The number of ether oxygens (including phenoxy) is 1. The number of carboxylic acids is 1. The van der Waals surface area contributed by atoms with E-state index in [-0.39, 0.29) is 82.0 Å². The maximum absolute atomic E-state index is 14.6. The molecule has 24 heteroatoms. The molecule has 5 rings (SSSR count). The molecule has 0 unspecified atom stereocenters. The lowest BCUT2D eigenvalue weighted by atomic mass is 9.98. The average molecular weight is 1050 g/mol. The number of rotatable bonds is 28. The predicted octanol–water partition coefficient (Wildman–Crippen LogP) is 1.31. The molecule has 3 heterocycles. The van der Waals surface area contributed by atoms with Gasteiger partial charge in [0.05, 0.1) is 11.9 Å². The molecule has 1 aliphatic rings. The number of nitrogens with one attached hydrogen (secondary N) is 7. The molecule has 76 heavy (non-hydrogen) atoms. The molecular weight excluding hydrogens is 983 g/mol. The summed E-state index contributed by atoms with van der Waals surface area (Å²) in [6.07, 6.45) is 6.62. The minimum Gasteiger partial charge on any atom is -0.508 e. The Morgan fingerprint density at radius 3 is 2.12 bits per heavy atom. The Kier molecular flexibility index (Phi) is 23.1. The van der Waals surface area contributed by atoms with Crippen molar-refractivity contribution < 1.29 is 53.3 Å². The van der Waals surface area contributed by atoms with E-state index in [0.29, 0.717) is 36.9 Å². The van der Waals surface area contributed by atoms with E-state index in [4.69, 9.17) is 16.2 Å².